The molecule has 1 heterocycles. The van der Waals surface area contributed by atoms with Gasteiger partial charge in [-0.2, -0.15) is 0 Å². The van der Waals surface area contributed by atoms with Gasteiger partial charge in [0.05, 0.1) is 0 Å². The minimum atomic E-state index is -0.970. The van der Waals surface area contributed by atoms with Crippen molar-refractivity contribution in [2.75, 3.05) is 13.1 Å². The fraction of sp³-hybridized carbons (Fsp3) is 0.867. The lowest BCUT2D eigenvalue weighted by atomic mass is 9.85. The number of carboxylic acids is 1. The number of amides is 1. The number of carbonyl (C=O) groups excluding carboxylic acids is 1. The number of hydrogen-bond acceptors (Lipinski definition) is 4. The molecule has 120 valence electrons. The van der Waals surface area contributed by atoms with Gasteiger partial charge in [-0.05, 0) is 38.3 Å². The Morgan fingerprint density at radius 1 is 1.14 bits per heavy atom. The predicted molar refractivity (Wildman–Crippen MR) is 78.1 cm³/mol. The second-order valence-electron chi connectivity index (χ2n) is 6.13. The first kappa shape index (κ1) is 16.1. The number of ether oxygens (including phenoxy) is 1. The Hall–Kier alpha value is -1.30. The molecule has 0 bridgehead atoms. The molecule has 1 amide bonds. The molecule has 6 nitrogen and oxygen atoms in total. The standard InChI is InChI=1S/C15H26N2O4/c18-14(19)13(10-11-4-2-1-3-5-11)17-15(20)21-12-6-8-16-9-7-12/h11-13,16H,1-10H2,(H,17,20)(H,18,19)/t13-/m0/s1. The molecule has 1 aliphatic heterocycles. The SMILES string of the molecule is O=C(N[C@@H](CC1CCCCC1)C(=O)O)OC1CCNCC1. The summed E-state index contributed by atoms with van der Waals surface area (Å²) < 4.78 is 5.31. The zero-order chi connectivity index (χ0) is 15.1. The molecule has 0 unspecified atom stereocenters. The van der Waals surface area contributed by atoms with Crippen molar-refractivity contribution in [2.24, 2.45) is 5.92 Å². The molecule has 3 N–H and O–H groups in total. The molecule has 2 rings (SSSR count). The highest BCUT2D eigenvalue weighted by atomic mass is 16.6. The maximum atomic E-state index is 11.9. The number of aliphatic carboxylic acids is 1. The van der Waals surface area contributed by atoms with E-state index >= 15 is 0 Å². The Labute approximate surface area is 125 Å². The number of alkyl carbamates (subject to hydrolysis) is 1. The molecule has 0 aromatic rings. The van der Waals surface area contributed by atoms with E-state index in [9.17, 15) is 14.7 Å². The van der Waals surface area contributed by atoms with Gasteiger partial charge in [-0.25, -0.2) is 9.59 Å². The van der Waals surface area contributed by atoms with Crippen molar-refractivity contribution in [2.45, 2.75) is 63.5 Å². The Bertz CT molecular complexity index is 350. The van der Waals surface area contributed by atoms with Gasteiger partial charge in [0.15, 0.2) is 0 Å². The van der Waals surface area contributed by atoms with E-state index in [1.165, 1.54) is 6.42 Å². The third kappa shape index (κ3) is 5.53. The molecular formula is C15H26N2O4. The number of carboxylic acid groups (broad SMARTS) is 1. The van der Waals surface area contributed by atoms with Crippen LogP contribution in [0.25, 0.3) is 0 Å². The highest BCUT2D eigenvalue weighted by Crippen LogP contribution is 2.27. The van der Waals surface area contributed by atoms with E-state index in [-0.39, 0.29) is 6.10 Å². The third-order valence-corrected chi connectivity index (χ3v) is 4.44. The van der Waals surface area contributed by atoms with Crippen LogP contribution < -0.4 is 10.6 Å². The minimum absolute atomic E-state index is 0.102. The van der Waals surface area contributed by atoms with Crippen molar-refractivity contribution in [1.82, 2.24) is 10.6 Å². The molecule has 0 radical (unpaired) electrons. The summed E-state index contributed by atoms with van der Waals surface area (Å²) in [5.41, 5.74) is 0. The van der Waals surface area contributed by atoms with Crippen molar-refractivity contribution < 1.29 is 19.4 Å². The predicted octanol–water partition coefficient (Wildman–Crippen LogP) is 1.89. The summed E-state index contributed by atoms with van der Waals surface area (Å²) in [6.07, 6.45) is 7.08. The zero-order valence-electron chi connectivity index (χ0n) is 12.5. The molecule has 1 atom stereocenters. The Kier molecular flexibility index (Phi) is 6.29. The number of hydrogen-bond donors (Lipinski definition) is 3. The topological polar surface area (TPSA) is 87.7 Å². The molecule has 6 heteroatoms. The summed E-state index contributed by atoms with van der Waals surface area (Å²) in [5.74, 6) is -0.568. The molecule has 21 heavy (non-hydrogen) atoms. The van der Waals surface area contributed by atoms with Gasteiger partial charge < -0.3 is 20.5 Å². The fourth-order valence-corrected chi connectivity index (χ4v) is 3.22. The highest BCUT2D eigenvalue weighted by molar-refractivity contribution is 5.79. The molecular weight excluding hydrogens is 272 g/mol. The van der Waals surface area contributed by atoms with Crippen LogP contribution in [0.2, 0.25) is 0 Å². The maximum absolute atomic E-state index is 11.9. The Morgan fingerprint density at radius 3 is 2.43 bits per heavy atom. The maximum Gasteiger partial charge on any atom is 0.408 e. The molecule has 0 aromatic carbocycles. The molecule has 2 fully saturated rings. The quantitative estimate of drug-likeness (QED) is 0.721. The summed E-state index contributed by atoms with van der Waals surface area (Å²) >= 11 is 0. The van der Waals surface area contributed by atoms with Gasteiger partial charge in [-0.15, -0.1) is 0 Å². The van der Waals surface area contributed by atoms with Crippen molar-refractivity contribution in [1.29, 1.82) is 0 Å². The van der Waals surface area contributed by atoms with Crippen LogP contribution in [0.1, 0.15) is 51.4 Å². The second kappa shape index (κ2) is 8.22. The summed E-state index contributed by atoms with van der Waals surface area (Å²) in [7, 11) is 0. The van der Waals surface area contributed by atoms with Crippen LogP contribution in [0, 0.1) is 5.92 Å². The van der Waals surface area contributed by atoms with Crippen LogP contribution in [0.5, 0.6) is 0 Å². The van der Waals surface area contributed by atoms with Crippen LogP contribution in [0.15, 0.2) is 0 Å². The van der Waals surface area contributed by atoms with E-state index in [2.05, 4.69) is 10.6 Å². The lowest BCUT2D eigenvalue weighted by molar-refractivity contribution is -0.140. The van der Waals surface area contributed by atoms with E-state index in [1.807, 2.05) is 0 Å². The van der Waals surface area contributed by atoms with Crippen LogP contribution >= 0.6 is 0 Å². The van der Waals surface area contributed by atoms with Crippen LogP contribution in [0.4, 0.5) is 4.79 Å². The number of nitrogens with one attached hydrogen (secondary N) is 2. The lowest BCUT2D eigenvalue weighted by Gasteiger charge is -2.26. The summed E-state index contributed by atoms with van der Waals surface area (Å²) in [6.45, 7) is 1.67. The largest absolute Gasteiger partial charge is 0.480 e. The molecule has 0 aromatic heterocycles. The van der Waals surface area contributed by atoms with Crippen molar-refractivity contribution in [3.8, 4) is 0 Å². The Morgan fingerprint density at radius 2 is 1.81 bits per heavy atom. The van der Waals surface area contributed by atoms with Crippen molar-refractivity contribution >= 4 is 12.1 Å². The highest BCUT2D eigenvalue weighted by Gasteiger charge is 2.27. The molecule has 1 saturated carbocycles. The zero-order valence-corrected chi connectivity index (χ0v) is 12.5. The number of rotatable bonds is 5. The van der Waals surface area contributed by atoms with Gasteiger partial charge in [0.1, 0.15) is 12.1 Å². The van der Waals surface area contributed by atoms with Crippen LogP contribution in [-0.2, 0) is 9.53 Å². The lowest BCUT2D eigenvalue weighted by Crippen LogP contribution is -2.44. The fourth-order valence-electron chi connectivity index (χ4n) is 3.22. The average molecular weight is 298 g/mol. The van der Waals surface area contributed by atoms with Gasteiger partial charge in [-0.1, -0.05) is 32.1 Å². The number of piperidine rings is 1. The normalized spacial score (nSPS) is 22.5. The van der Waals surface area contributed by atoms with E-state index in [0.717, 1.165) is 51.6 Å². The van der Waals surface area contributed by atoms with Gasteiger partial charge in [0.25, 0.3) is 0 Å². The Balaban J connectivity index is 1.77. The first-order chi connectivity index (χ1) is 10.1. The summed E-state index contributed by atoms with van der Waals surface area (Å²) in [4.78, 5) is 23.2. The van der Waals surface area contributed by atoms with E-state index < -0.39 is 18.1 Å². The smallest absolute Gasteiger partial charge is 0.408 e. The minimum Gasteiger partial charge on any atom is -0.480 e. The average Bonchev–Trinajstić information content (AvgIpc) is 2.48. The first-order valence-corrected chi connectivity index (χ1v) is 8.06. The molecule has 1 aliphatic carbocycles. The van der Waals surface area contributed by atoms with Gasteiger partial charge >= 0.3 is 12.1 Å². The van der Waals surface area contributed by atoms with Crippen molar-refractivity contribution in [3.05, 3.63) is 0 Å². The van der Waals surface area contributed by atoms with E-state index in [1.54, 1.807) is 0 Å². The van der Waals surface area contributed by atoms with Gasteiger partial charge in [0, 0.05) is 0 Å². The summed E-state index contributed by atoms with van der Waals surface area (Å²) in [6, 6.07) is -0.831. The number of carbonyl (C=O) groups is 2. The van der Waals surface area contributed by atoms with Gasteiger partial charge in [-0.3, -0.25) is 0 Å². The first-order valence-electron chi connectivity index (χ1n) is 8.06. The molecule has 2 aliphatic rings. The van der Waals surface area contributed by atoms with E-state index in [4.69, 9.17) is 4.74 Å². The van der Waals surface area contributed by atoms with Crippen LogP contribution in [0.3, 0.4) is 0 Å². The molecule has 1 saturated heterocycles. The second-order valence-corrected chi connectivity index (χ2v) is 6.13. The molecule has 0 spiro atoms. The van der Waals surface area contributed by atoms with Gasteiger partial charge in [0.2, 0.25) is 0 Å². The summed E-state index contributed by atoms with van der Waals surface area (Å²) in [5, 5.41) is 15.0. The van der Waals surface area contributed by atoms with E-state index in [0.29, 0.717) is 12.3 Å². The van der Waals surface area contributed by atoms with Crippen molar-refractivity contribution in [3.63, 3.8) is 0 Å². The third-order valence-electron chi connectivity index (χ3n) is 4.44. The monoisotopic (exact) mass is 298 g/mol. The van der Waals surface area contributed by atoms with Crippen LogP contribution in [-0.4, -0.2) is 42.4 Å².